The molecule has 0 amide bonds. The van der Waals surface area contributed by atoms with Crippen molar-refractivity contribution in [1.29, 1.82) is 0 Å². The van der Waals surface area contributed by atoms with Crippen LogP contribution in [0.4, 0.5) is 5.69 Å². The molecule has 1 aromatic carbocycles. The number of hydrogen-bond donors (Lipinski definition) is 1. The summed E-state index contributed by atoms with van der Waals surface area (Å²) in [6, 6.07) is 8.53. The molecule has 0 fully saturated rings. The molecule has 0 spiro atoms. The van der Waals surface area contributed by atoms with E-state index in [1.54, 1.807) is 0 Å². The Balaban J connectivity index is 2.71. The third kappa shape index (κ3) is 4.67. The largest absolute Gasteiger partial charge is 0.384 e. The van der Waals surface area contributed by atoms with Crippen molar-refractivity contribution in [3.63, 3.8) is 0 Å². The Hall–Kier alpha value is -1.02. The van der Waals surface area contributed by atoms with Gasteiger partial charge in [-0.3, -0.25) is 0 Å². The van der Waals surface area contributed by atoms with E-state index in [-0.39, 0.29) is 0 Å². The fraction of sp³-hybridized carbons (Fsp3) is 0.571. The molecule has 1 rings (SSSR count). The maximum atomic E-state index is 3.53. The summed E-state index contributed by atoms with van der Waals surface area (Å²) in [7, 11) is 4.20. The van der Waals surface area contributed by atoms with Gasteiger partial charge in [0.2, 0.25) is 0 Å². The SMILES string of the molecule is CN(C)Cc1ccccc1NCC(C)(C)C. The molecular formula is C14H24N2. The second-order valence-corrected chi connectivity index (χ2v) is 5.81. The van der Waals surface area contributed by atoms with Crippen LogP contribution in [-0.4, -0.2) is 25.5 Å². The molecule has 1 aromatic rings. The van der Waals surface area contributed by atoms with Gasteiger partial charge < -0.3 is 10.2 Å². The van der Waals surface area contributed by atoms with Crippen molar-refractivity contribution in [2.45, 2.75) is 27.3 Å². The van der Waals surface area contributed by atoms with Gasteiger partial charge in [-0.05, 0) is 31.1 Å². The third-order valence-electron chi connectivity index (χ3n) is 2.31. The van der Waals surface area contributed by atoms with E-state index >= 15 is 0 Å². The third-order valence-corrected chi connectivity index (χ3v) is 2.31. The Morgan fingerprint density at radius 3 is 2.31 bits per heavy atom. The molecule has 0 saturated carbocycles. The molecule has 0 radical (unpaired) electrons. The summed E-state index contributed by atoms with van der Waals surface area (Å²) in [4.78, 5) is 2.19. The molecule has 2 nitrogen and oxygen atoms in total. The zero-order valence-electron chi connectivity index (χ0n) is 11.2. The van der Waals surface area contributed by atoms with Gasteiger partial charge in [0.1, 0.15) is 0 Å². The van der Waals surface area contributed by atoms with Gasteiger partial charge in [0, 0.05) is 18.8 Å². The Morgan fingerprint density at radius 1 is 1.12 bits per heavy atom. The topological polar surface area (TPSA) is 15.3 Å². The predicted molar refractivity (Wildman–Crippen MR) is 71.8 cm³/mol. The van der Waals surface area contributed by atoms with Crippen LogP contribution in [-0.2, 0) is 6.54 Å². The van der Waals surface area contributed by atoms with Crippen LogP contribution in [0.15, 0.2) is 24.3 Å². The van der Waals surface area contributed by atoms with E-state index in [4.69, 9.17) is 0 Å². The van der Waals surface area contributed by atoms with Crippen LogP contribution >= 0.6 is 0 Å². The highest BCUT2D eigenvalue weighted by atomic mass is 15.1. The molecule has 0 aliphatic rings. The normalized spacial score (nSPS) is 11.9. The number of para-hydroxylation sites is 1. The van der Waals surface area contributed by atoms with Crippen LogP contribution in [0.3, 0.4) is 0 Å². The molecule has 0 unspecified atom stereocenters. The van der Waals surface area contributed by atoms with E-state index in [2.05, 4.69) is 69.3 Å². The lowest BCUT2D eigenvalue weighted by Crippen LogP contribution is -2.20. The van der Waals surface area contributed by atoms with Crippen molar-refractivity contribution in [2.24, 2.45) is 5.41 Å². The first-order valence-electron chi connectivity index (χ1n) is 5.85. The number of anilines is 1. The molecule has 16 heavy (non-hydrogen) atoms. The van der Waals surface area contributed by atoms with E-state index in [1.807, 2.05) is 0 Å². The fourth-order valence-electron chi connectivity index (χ4n) is 1.53. The smallest absolute Gasteiger partial charge is 0.0386 e. The molecule has 90 valence electrons. The fourth-order valence-corrected chi connectivity index (χ4v) is 1.53. The van der Waals surface area contributed by atoms with E-state index in [1.165, 1.54) is 11.3 Å². The van der Waals surface area contributed by atoms with Gasteiger partial charge >= 0.3 is 0 Å². The van der Waals surface area contributed by atoms with Crippen molar-refractivity contribution in [2.75, 3.05) is 26.0 Å². The number of benzene rings is 1. The molecule has 0 aliphatic carbocycles. The van der Waals surface area contributed by atoms with Gasteiger partial charge in [-0.25, -0.2) is 0 Å². The molecule has 0 atom stereocenters. The maximum absolute atomic E-state index is 3.53. The van der Waals surface area contributed by atoms with Crippen LogP contribution < -0.4 is 5.32 Å². The van der Waals surface area contributed by atoms with Crippen LogP contribution in [0.5, 0.6) is 0 Å². The van der Waals surface area contributed by atoms with Gasteiger partial charge in [0.05, 0.1) is 0 Å². The standard InChI is InChI=1S/C14H24N2/c1-14(2,3)11-15-13-9-7-6-8-12(13)10-16(4)5/h6-9,15H,10-11H2,1-5H3. The van der Waals surface area contributed by atoms with Crippen LogP contribution in [0, 0.1) is 5.41 Å². The minimum atomic E-state index is 0.311. The highest BCUT2D eigenvalue weighted by Crippen LogP contribution is 2.19. The maximum Gasteiger partial charge on any atom is 0.0386 e. The summed E-state index contributed by atoms with van der Waals surface area (Å²) in [5.74, 6) is 0. The molecule has 0 aromatic heterocycles. The number of nitrogens with zero attached hydrogens (tertiary/aromatic N) is 1. The van der Waals surface area contributed by atoms with Gasteiger partial charge in [0.25, 0.3) is 0 Å². The van der Waals surface area contributed by atoms with E-state index in [0.717, 1.165) is 13.1 Å². The minimum absolute atomic E-state index is 0.311. The minimum Gasteiger partial charge on any atom is -0.384 e. The zero-order chi connectivity index (χ0) is 12.2. The van der Waals surface area contributed by atoms with Gasteiger partial charge in [-0.2, -0.15) is 0 Å². The van der Waals surface area contributed by atoms with Crippen molar-refractivity contribution < 1.29 is 0 Å². The molecule has 1 N–H and O–H groups in total. The molecule has 0 heterocycles. The molecular weight excluding hydrogens is 196 g/mol. The monoisotopic (exact) mass is 220 g/mol. The molecule has 0 bridgehead atoms. The Morgan fingerprint density at radius 2 is 1.75 bits per heavy atom. The summed E-state index contributed by atoms with van der Waals surface area (Å²) < 4.78 is 0. The Kier molecular flexibility index (Phi) is 4.36. The first-order valence-corrected chi connectivity index (χ1v) is 5.85. The quantitative estimate of drug-likeness (QED) is 0.838. The van der Waals surface area contributed by atoms with Gasteiger partial charge in [-0.1, -0.05) is 39.0 Å². The average Bonchev–Trinajstić information content (AvgIpc) is 2.14. The first-order chi connectivity index (χ1) is 7.38. The van der Waals surface area contributed by atoms with Crippen molar-refractivity contribution in [1.82, 2.24) is 4.90 Å². The zero-order valence-corrected chi connectivity index (χ0v) is 11.2. The highest BCUT2D eigenvalue weighted by Gasteiger charge is 2.10. The van der Waals surface area contributed by atoms with Gasteiger partial charge in [0.15, 0.2) is 0 Å². The molecule has 2 heteroatoms. The Labute approximate surface area is 99.7 Å². The predicted octanol–water partition coefficient (Wildman–Crippen LogP) is 3.21. The summed E-state index contributed by atoms with van der Waals surface area (Å²) in [6.07, 6.45) is 0. The summed E-state index contributed by atoms with van der Waals surface area (Å²) in [6.45, 7) is 8.71. The average molecular weight is 220 g/mol. The number of nitrogens with one attached hydrogen (secondary N) is 1. The van der Waals surface area contributed by atoms with Crippen molar-refractivity contribution >= 4 is 5.69 Å². The summed E-state index contributed by atoms with van der Waals surface area (Å²) >= 11 is 0. The second kappa shape index (κ2) is 5.35. The number of hydrogen-bond acceptors (Lipinski definition) is 2. The van der Waals surface area contributed by atoms with Crippen LogP contribution in [0.2, 0.25) is 0 Å². The first kappa shape index (κ1) is 13.0. The highest BCUT2D eigenvalue weighted by molar-refractivity contribution is 5.51. The summed E-state index contributed by atoms with van der Waals surface area (Å²) in [5, 5.41) is 3.53. The molecule has 0 aliphatic heterocycles. The lowest BCUT2D eigenvalue weighted by molar-refractivity contribution is 0.402. The van der Waals surface area contributed by atoms with Crippen LogP contribution in [0.25, 0.3) is 0 Å². The van der Waals surface area contributed by atoms with E-state index < -0.39 is 0 Å². The molecule has 0 saturated heterocycles. The summed E-state index contributed by atoms with van der Waals surface area (Å²) in [5.41, 5.74) is 2.92. The van der Waals surface area contributed by atoms with E-state index in [0.29, 0.717) is 5.41 Å². The van der Waals surface area contributed by atoms with Crippen molar-refractivity contribution in [3.05, 3.63) is 29.8 Å². The van der Waals surface area contributed by atoms with Crippen LogP contribution in [0.1, 0.15) is 26.3 Å². The van der Waals surface area contributed by atoms with Crippen molar-refractivity contribution in [3.8, 4) is 0 Å². The number of rotatable bonds is 4. The van der Waals surface area contributed by atoms with Gasteiger partial charge in [-0.15, -0.1) is 0 Å². The lowest BCUT2D eigenvalue weighted by atomic mass is 9.96. The lowest BCUT2D eigenvalue weighted by Gasteiger charge is -2.22. The van der Waals surface area contributed by atoms with E-state index in [9.17, 15) is 0 Å². The second-order valence-electron chi connectivity index (χ2n) is 5.81. The Bertz CT molecular complexity index is 324.